The Kier molecular flexibility index (Phi) is 5.04. The Balaban J connectivity index is 1.66. The first-order valence-electron chi connectivity index (χ1n) is 9.35. The number of nitrogens with zero attached hydrogens (tertiary/aromatic N) is 2. The summed E-state index contributed by atoms with van der Waals surface area (Å²) in [5.74, 6) is 1.42. The van der Waals surface area contributed by atoms with Gasteiger partial charge in [-0.3, -0.25) is 4.98 Å². The maximum absolute atomic E-state index is 5.94. The third-order valence-corrected chi connectivity index (χ3v) is 8.19. The molecule has 3 nitrogen and oxygen atoms in total. The molecule has 0 amide bonds. The van der Waals surface area contributed by atoms with Crippen molar-refractivity contribution in [1.29, 1.82) is 0 Å². The highest BCUT2D eigenvalue weighted by Gasteiger charge is 2.28. The first-order valence-corrected chi connectivity index (χ1v) is 12.4. The quantitative estimate of drug-likeness (QED) is 0.467. The smallest absolute Gasteiger partial charge is 0.219 e. The lowest BCUT2D eigenvalue weighted by atomic mass is 10.1. The number of aromatic nitrogens is 2. The van der Waals surface area contributed by atoms with Crippen LogP contribution in [0.15, 0.2) is 97.2 Å². The minimum absolute atomic E-state index is 0.630. The number of hydrogen-bond donors (Lipinski definition) is 0. The lowest BCUT2D eigenvalue weighted by Crippen LogP contribution is -2.54. The fourth-order valence-corrected chi connectivity index (χ4v) is 5.41. The van der Waals surface area contributed by atoms with Crippen LogP contribution in [0.25, 0.3) is 11.3 Å². The Morgan fingerprint density at radius 2 is 1.54 bits per heavy atom. The fourth-order valence-electron chi connectivity index (χ4n) is 3.18. The van der Waals surface area contributed by atoms with Crippen LogP contribution < -0.4 is 15.2 Å². The van der Waals surface area contributed by atoms with Crippen LogP contribution in [0.5, 0.6) is 11.6 Å². The molecule has 0 spiro atoms. The maximum atomic E-state index is 5.94. The van der Waals surface area contributed by atoms with Gasteiger partial charge in [0.1, 0.15) is 13.8 Å². The van der Waals surface area contributed by atoms with E-state index in [0.717, 1.165) is 22.3 Å². The van der Waals surface area contributed by atoms with Crippen molar-refractivity contribution in [2.75, 3.05) is 0 Å². The predicted octanol–water partition coefficient (Wildman–Crippen LogP) is 4.76. The van der Waals surface area contributed by atoms with Gasteiger partial charge in [0.25, 0.3) is 0 Å². The van der Waals surface area contributed by atoms with Crippen LogP contribution in [0.3, 0.4) is 0 Å². The molecule has 0 N–H and O–H groups in total. The molecule has 0 unspecified atom stereocenters. The number of ether oxygens (including phenoxy) is 1. The maximum Gasteiger partial charge on any atom is 0.219 e. The minimum atomic E-state index is -1.99. The Bertz CT molecular complexity index is 1070. The van der Waals surface area contributed by atoms with Gasteiger partial charge in [-0.15, -0.1) is 0 Å². The van der Waals surface area contributed by atoms with Crippen LogP contribution in [0.2, 0.25) is 13.1 Å². The average Bonchev–Trinajstić information content (AvgIpc) is 2.75. The summed E-state index contributed by atoms with van der Waals surface area (Å²) in [7, 11) is -1.99. The largest absolute Gasteiger partial charge is 0.439 e. The van der Waals surface area contributed by atoms with E-state index in [2.05, 4.69) is 48.4 Å². The second kappa shape index (κ2) is 7.78. The van der Waals surface area contributed by atoms with Gasteiger partial charge >= 0.3 is 0 Å². The molecule has 0 aliphatic rings. The van der Waals surface area contributed by atoms with E-state index in [-0.39, 0.29) is 0 Å². The van der Waals surface area contributed by atoms with Crippen molar-refractivity contribution in [3.8, 4) is 22.9 Å². The van der Waals surface area contributed by atoms with Crippen LogP contribution in [0, 0.1) is 0 Å². The van der Waals surface area contributed by atoms with E-state index in [1.807, 2.05) is 66.9 Å². The highest BCUT2D eigenvalue weighted by atomic mass is 28.3. The van der Waals surface area contributed by atoms with Gasteiger partial charge in [0, 0.05) is 17.6 Å². The number of rotatable bonds is 5. The van der Waals surface area contributed by atoms with Crippen LogP contribution in [0.1, 0.15) is 0 Å². The molecule has 0 aliphatic heterocycles. The number of para-hydroxylation sites is 1. The second-order valence-electron chi connectivity index (χ2n) is 7.20. The molecular formula is C24H22N2OSi. The molecule has 0 aliphatic carbocycles. The molecule has 2 aromatic carbocycles. The third kappa shape index (κ3) is 3.87. The number of benzene rings is 2. The highest BCUT2D eigenvalue weighted by molar-refractivity contribution is 7.00. The molecule has 138 valence electrons. The summed E-state index contributed by atoms with van der Waals surface area (Å²) < 4.78 is 5.94. The van der Waals surface area contributed by atoms with Crippen molar-refractivity contribution < 1.29 is 4.74 Å². The predicted molar refractivity (Wildman–Crippen MR) is 117 cm³/mol. The van der Waals surface area contributed by atoms with Gasteiger partial charge in [-0.05, 0) is 35.9 Å². The summed E-state index contributed by atoms with van der Waals surface area (Å²) in [6.07, 6.45) is 1.83. The second-order valence-corrected chi connectivity index (χ2v) is 11.5. The molecule has 0 saturated heterocycles. The molecule has 0 bridgehead atoms. The van der Waals surface area contributed by atoms with Crippen molar-refractivity contribution in [1.82, 2.24) is 9.97 Å². The van der Waals surface area contributed by atoms with E-state index in [4.69, 9.17) is 9.72 Å². The highest BCUT2D eigenvalue weighted by Crippen LogP contribution is 2.19. The van der Waals surface area contributed by atoms with Crippen LogP contribution in [-0.4, -0.2) is 18.0 Å². The SMILES string of the molecule is C[Si](C)(c1cccc(-c2ccccn2)c1)c1cccc(Oc2ccccc2)n1. The summed E-state index contributed by atoms with van der Waals surface area (Å²) in [5.41, 5.74) is 2.12. The van der Waals surface area contributed by atoms with E-state index in [1.165, 1.54) is 5.19 Å². The Hall–Kier alpha value is -3.24. The molecule has 0 radical (unpaired) electrons. The molecule has 28 heavy (non-hydrogen) atoms. The number of pyridine rings is 2. The van der Waals surface area contributed by atoms with Crippen LogP contribution in [-0.2, 0) is 0 Å². The van der Waals surface area contributed by atoms with Gasteiger partial charge < -0.3 is 4.74 Å². The standard InChI is InChI=1S/C24H22N2OSi/c1-28(2,21-13-8-10-19(18-21)22-14-6-7-17-25-22)24-16-9-15-23(26-24)27-20-11-4-3-5-12-20/h3-18H,1-2H3. The Morgan fingerprint density at radius 3 is 2.32 bits per heavy atom. The topological polar surface area (TPSA) is 35.0 Å². The molecule has 4 aromatic rings. The minimum Gasteiger partial charge on any atom is -0.439 e. The zero-order chi connectivity index (χ0) is 19.4. The van der Waals surface area contributed by atoms with E-state index in [1.54, 1.807) is 0 Å². The molecule has 4 rings (SSSR count). The number of hydrogen-bond acceptors (Lipinski definition) is 3. The van der Waals surface area contributed by atoms with Gasteiger partial charge in [-0.1, -0.05) is 72.9 Å². The first-order chi connectivity index (χ1) is 13.6. The first kappa shape index (κ1) is 18.1. The summed E-state index contributed by atoms with van der Waals surface area (Å²) in [6.45, 7) is 4.64. The van der Waals surface area contributed by atoms with E-state index in [9.17, 15) is 0 Å². The zero-order valence-electron chi connectivity index (χ0n) is 16.0. The molecule has 0 saturated carbocycles. The van der Waals surface area contributed by atoms with Crippen molar-refractivity contribution in [3.63, 3.8) is 0 Å². The van der Waals surface area contributed by atoms with E-state index >= 15 is 0 Å². The van der Waals surface area contributed by atoms with Gasteiger partial charge in [0.15, 0.2) is 0 Å². The molecule has 2 heterocycles. The Labute approximate surface area is 166 Å². The lowest BCUT2D eigenvalue weighted by Gasteiger charge is -2.23. The molecular weight excluding hydrogens is 360 g/mol. The van der Waals surface area contributed by atoms with Crippen molar-refractivity contribution >= 4 is 18.6 Å². The monoisotopic (exact) mass is 382 g/mol. The molecule has 0 atom stereocenters. The summed E-state index contributed by atoms with van der Waals surface area (Å²) >= 11 is 0. The van der Waals surface area contributed by atoms with Crippen LogP contribution in [0.4, 0.5) is 0 Å². The molecule has 0 fully saturated rings. The normalized spacial score (nSPS) is 11.2. The molecule has 2 aromatic heterocycles. The molecule has 4 heteroatoms. The van der Waals surface area contributed by atoms with E-state index in [0.29, 0.717) is 5.88 Å². The third-order valence-electron chi connectivity index (χ3n) is 4.87. The fraction of sp³-hybridized carbons (Fsp3) is 0.0833. The summed E-state index contributed by atoms with van der Waals surface area (Å²) in [6, 6.07) is 30.5. The van der Waals surface area contributed by atoms with Gasteiger partial charge in [-0.2, -0.15) is 0 Å². The van der Waals surface area contributed by atoms with Gasteiger partial charge in [0.05, 0.1) is 5.69 Å². The van der Waals surface area contributed by atoms with Gasteiger partial charge in [0.2, 0.25) is 5.88 Å². The zero-order valence-corrected chi connectivity index (χ0v) is 17.0. The summed E-state index contributed by atoms with van der Waals surface area (Å²) in [4.78, 5) is 9.33. The van der Waals surface area contributed by atoms with Crippen LogP contribution >= 0.6 is 0 Å². The lowest BCUT2D eigenvalue weighted by molar-refractivity contribution is 0.464. The van der Waals surface area contributed by atoms with Gasteiger partial charge in [-0.25, -0.2) is 4.98 Å². The van der Waals surface area contributed by atoms with Crippen molar-refractivity contribution in [3.05, 3.63) is 97.2 Å². The average molecular weight is 383 g/mol. The Morgan fingerprint density at radius 1 is 0.750 bits per heavy atom. The van der Waals surface area contributed by atoms with Crippen molar-refractivity contribution in [2.45, 2.75) is 13.1 Å². The summed E-state index contributed by atoms with van der Waals surface area (Å²) in [5, 5.41) is 2.42. The van der Waals surface area contributed by atoms with Crippen molar-refractivity contribution in [2.24, 2.45) is 0 Å². The van der Waals surface area contributed by atoms with E-state index < -0.39 is 8.07 Å².